The zero-order valence-corrected chi connectivity index (χ0v) is 15.5. The van der Waals surface area contributed by atoms with Crippen molar-refractivity contribution in [1.29, 1.82) is 0 Å². The molecule has 0 saturated carbocycles. The fourth-order valence-electron chi connectivity index (χ4n) is 2.52. The van der Waals surface area contributed by atoms with Crippen LogP contribution in [0.1, 0.15) is 13.3 Å². The maximum Gasteiger partial charge on any atom is 0.226 e. The third kappa shape index (κ3) is 4.73. The van der Waals surface area contributed by atoms with Crippen LogP contribution in [0, 0.1) is 17.5 Å². The Balaban J connectivity index is 2.09. The Morgan fingerprint density at radius 3 is 2.29 bits per heavy atom. The number of halogens is 3. The van der Waals surface area contributed by atoms with Crippen LogP contribution in [0.15, 0.2) is 30.3 Å². The molecule has 0 heterocycles. The Kier molecular flexibility index (Phi) is 6.86. The number of amides is 2. The van der Waals surface area contributed by atoms with Gasteiger partial charge >= 0.3 is 0 Å². The molecule has 0 aromatic heterocycles. The van der Waals surface area contributed by atoms with Gasteiger partial charge in [-0.15, -0.1) is 0 Å². The first-order valence-corrected chi connectivity index (χ1v) is 8.22. The van der Waals surface area contributed by atoms with Gasteiger partial charge < -0.3 is 19.7 Å². The summed E-state index contributed by atoms with van der Waals surface area (Å²) in [6, 6.07) is 6.41. The number of nitrogens with one attached hydrogen (secondary N) is 1. The SMILES string of the molecule is COc1ccc(NC(=O)CCN(C(C)=O)c2ccc(F)c(F)c2F)cc1OC. The summed E-state index contributed by atoms with van der Waals surface area (Å²) in [6.45, 7) is 0.906. The Hall–Kier alpha value is -3.23. The molecule has 0 aliphatic rings. The summed E-state index contributed by atoms with van der Waals surface area (Å²) in [6.07, 6.45) is -0.202. The van der Waals surface area contributed by atoms with Crippen LogP contribution in [0.2, 0.25) is 0 Å². The van der Waals surface area contributed by atoms with Crippen molar-refractivity contribution in [1.82, 2.24) is 0 Å². The summed E-state index contributed by atoms with van der Waals surface area (Å²) in [7, 11) is 2.93. The topological polar surface area (TPSA) is 67.9 Å². The Labute approximate surface area is 159 Å². The number of nitrogens with zero attached hydrogens (tertiary/aromatic N) is 1. The molecule has 0 spiro atoms. The van der Waals surface area contributed by atoms with Crippen molar-refractivity contribution >= 4 is 23.2 Å². The predicted molar refractivity (Wildman–Crippen MR) is 97.1 cm³/mol. The minimum Gasteiger partial charge on any atom is -0.493 e. The van der Waals surface area contributed by atoms with Crippen molar-refractivity contribution in [2.75, 3.05) is 31.0 Å². The average Bonchev–Trinajstić information content (AvgIpc) is 2.67. The normalized spacial score (nSPS) is 10.4. The number of carbonyl (C=O) groups excluding carboxylic acids is 2. The van der Waals surface area contributed by atoms with Gasteiger partial charge in [0.2, 0.25) is 11.8 Å². The lowest BCUT2D eigenvalue weighted by Crippen LogP contribution is -2.33. The Bertz CT molecular complexity index is 890. The van der Waals surface area contributed by atoms with E-state index in [-0.39, 0.29) is 13.0 Å². The highest BCUT2D eigenvalue weighted by Gasteiger charge is 2.21. The number of anilines is 2. The van der Waals surface area contributed by atoms with Crippen LogP contribution in [0.3, 0.4) is 0 Å². The van der Waals surface area contributed by atoms with Gasteiger partial charge in [0, 0.05) is 31.6 Å². The molecule has 28 heavy (non-hydrogen) atoms. The highest BCUT2D eigenvalue weighted by atomic mass is 19.2. The van der Waals surface area contributed by atoms with Crippen molar-refractivity contribution in [3.05, 3.63) is 47.8 Å². The van der Waals surface area contributed by atoms with E-state index in [4.69, 9.17) is 9.47 Å². The van der Waals surface area contributed by atoms with E-state index in [1.165, 1.54) is 14.2 Å². The van der Waals surface area contributed by atoms with Crippen molar-refractivity contribution in [2.45, 2.75) is 13.3 Å². The molecule has 9 heteroatoms. The monoisotopic (exact) mass is 396 g/mol. The van der Waals surface area contributed by atoms with E-state index in [0.717, 1.165) is 17.9 Å². The molecule has 2 aromatic carbocycles. The summed E-state index contributed by atoms with van der Waals surface area (Å²) in [5.41, 5.74) is -0.0126. The molecule has 2 amide bonds. The van der Waals surface area contributed by atoms with Crippen LogP contribution >= 0.6 is 0 Å². The molecule has 6 nitrogen and oxygen atoms in total. The molecule has 0 unspecified atom stereocenters. The van der Waals surface area contributed by atoms with Crippen molar-refractivity contribution < 1.29 is 32.2 Å². The van der Waals surface area contributed by atoms with E-state index in [1.54, 1.807) is 18.2 Å². The van der Waals surface area contributed by atoms with E-state index in [9.17, 15) is 22.8 Å². The smallest absolute Gasteiger partial charge is 0.226 e. The van der Waals surface area contributed by atoms with Crippen molar-refractivity contribution in [2.24, 2.45) is 0 Å². The van der Waals surface area contributed by atoms with Crippen LogP contribution in [0.25, 0.3) is 0 Å². The summed E-state index contributed by atoms with van der Waals surface area (Å²) in [5, 5.41) is 2.61. The highest BCUT2D eigenvalue weighted by Crippen LogP contribution is 2.30. The summed E-state index contributed by atoms with van der Waals surface area (Å²) in [5.74, 6) is -4.73. The lowest BCUT2D eigenvalue weighted by atomic mass is 10.2. The van der Waals surface area contributed by atoms with Crippen LogP contribution < -0.4 is 19.7 Å². The third-order valence-electron chi connectivity index (χ3n) is 3.92. The molecule has 1 N–H and O–H groups in total. The van der Waals surface area contributed by atoms with E-state index in [0.29, 0.717) is 23.3 Å². The molecule has 0 fully saturated rings. The van der Waals surface area contributed by atoms with Crippen molar-refractivity contribution in [3.8, 4) is 11.5 Å². The second kappa shape index (κ2) is 9.12. The second-order valence-electron chi connectivity index (χ2n) is 5.73. The van der Waals surface area contributed by atoms with Gasteiger partial charge in [0.1, 0.15) is 0 Å². The van der Waals surface area contributed by atoms with Gasteiger partial charge in [-0.2, -0.15) is 0 Å². The van der Waals surface area contributed by atoms with E-state index < -0.39 is 35.0 Å². The first kappa shape index (κ1) is 21.1. The quantitative estimate of drug-likeness (QED) is 0.728. The maximum atomic E-state index is 14.0. The first-order chi connectivity index (χ1) is 13.3. The zero-order chi connectivity index (χ0) is 20.8. The van der Waals surface area contributed by atoms with Crippen LogP contribution in [-0.2, 0) is 9.59 Å². The van der Waals surface area contributed by atoms with Crippen LogP contribution in [0.5, 0.6) is 11.5 Å². The maximum absolute atomic E-state index is 14.0. The number of hydrogen-bond donors (Lipinski definition) is 1. The molecule has 0 aliphatic heterocycles. The molecule has 150 valence electrons. The highest BCUT2D eigenvalue weighted by molar-refractivity contribution is 5.95. The van der Waals surface area contributed by atoms with Gasteiger partial charge in [-0.05, 0) is 24.3 Å². The number of hydrogen-bond acceptors (Lipinski definition) is 4. The van der Waals surface area contributed by atoms with Crippen molar-refractivity contribution in [3.63, 3.8) is 0 Å². The second-order valence-corrected chi connectivity index (χ2v) is 5.73. The molecule has 2 rings (SSSR count). The lowest BCUT2D eigenvalue weighted by Gasteiger charge is -2.21. The fourth-order valence-corrected chi connectivity index (χ4v) is 2.52. The molecule has 2 aromatic rings. The molecule has 0 aliphatic carbocycles. The molecular weight excluding hydrogens is 377 g/mol. The average molecular weight is 396 g/mol. The number of methoxy groups -OCH3 is 2. The molecule has 0 saturated heterocycles. The molecule has 0 atom stereocenters. The molecule has 0 bridgehead atoms. The standard InChI is InChI=1S/C19H19F3N2O4/c1-11(25)24(14-6-5-13(20)18(21)19(14)22)9-8-17(26)23-12-4-7-15(27-2)16(10-12)28-3/h4-7,10H,8-9H2,1-3H3,(H,23,26). The minimum absolute atomic E-state index is 0.202. The van der Waals surface area contributed by atoms with Gasteiger partial charge in [-0.1, -0.05) is 0 Å². The number of rotatable bonds is 7. The largest absolute Gasteiger partial charge is 0.493 e. The number of benzene rings is 2. The predicted octanol–water partition coefficient (Wildman–Crippen LogP) is 3.50. The summed E-state index contributed by atoms with van der Waals surface area (Å²) >= 11 is 0. The van der Waals surface area contributed by atoms with Gasteiger partial charge in [-0.25, -0.2) is 13.2 Å². The Morgan fingerprint density at radius 1 is 1.00 bits per heavy atom. The van der Waals surface area contributed by atoms with Gasteiger partial charge in [0.15, 0.2) is 29.0 Å². The summed E-state index contributed by atoms with van der Waals surface area (Å²) < 4.78 is 50.8. The van der Waals surface area contributed by atoms with Crippen LogP contribution in [-0.4, -0.2) is 32.6 Å². The molecular formula is C19H19F3N2O4. The van der Waals surface area contributed by atoms with Crippen LogP contribution in [0.4, 0.5) is 24.5 Å². The fraction of sp³-hybridized carbons (Fsp3) is 0.263. The third-order valence-corrected chi connectivity index (χ3v) is 3.92. The number of ether oxygens (including phenoxy) is 2. The zero-order valence-electron chi connectivity index (χ0n) is 15.5. The number of carbonyl (C=O) groups is 2. The lowest BCUT2D eigenvalue weighted by molar-refractivity contribution is -0.117. The Morgan fingerprint density at radius 2 is 1.68 bits per heavy atom. The molecule has 0 radical (unpaired) electrons. The van der Waals surface area contributed by atoms with Gasteiger partial charge in [-0.3, -0.25) is 9.59 Å². The van der Waals surface area contributed by atoms with Gasteiger partial charge in [0.05, 0.1) is 19.9 Å². The first-order valence-electron chi connectivity index (χ1n) is 8.22. The van der Waals surface area contributed by atoms with E-state index >= 15 is 0 Å². The van der Waals surface area contributed by atoms with E-state index in [2.05, 4.69) is 5.32 Å². The minimum atomic E-state index is -1.68. The summed E-state index contributed by atoms with van der Waals surface area (Å²) in [4.78, 5) is 24.8. The van der Waals surface area contributed by atoms with E-state index in [1.807, 2.05) is 0 Å². The van der Waals surface area contributed by atoms with Gasteiger partial charge in [0.25, 0.3) is 0 Å².